The van der Waals surface area contributed by atoms with E-state index in [1.807, 2.05) is 0 Å². The first-order valence-electron chi connectivity index (χ1n) is 5.72. The molecule has 1 saturated heterocycles. The largest absolute Gasteiger partial charge is 0.465 e. The molecule has 17 heavy (non-hydrogen) atoms. The molecule has 6 nitrogen and oxygen atoms in total. The van der Waals surface area contributed by atoms with Gasteiger partial charge < -0.3 is 15.0 Å². The number of nitrogens with zero attached hydrogens (tertiary/aromatic N) is 1. The van der Waals surface area contributed by atoms with Gasteiger partial charge in [0.15, 0.2) is 0 Å². The van der Waals surface area contributed by atoms with E-state index in [2.05, 4.69) is 5.32 Å². The molecule has 0 aromatic carbocycles. The second-order valence-corrected chi connectivity index (χ2v) is 4.04. The van der Waals surface area contributed by atoms with E-state index >= 15 is 0 Å². The van der Waals surface area contributed by atoms with Crippen LogP contribution in [0.1, 0.15) is 19.8 Å². The van der Waals surface area contributed by atoms with Gasteiger partial charge in [-0.05, 0) is 13.3 Å². The van der Waals surface area contributed by atoms with Crippen molar-refractivity contribution in [3.8, 4) is 0 Å². The topological polar surface area (TPSA) is 75.7 Å². The van der Waals surface area contributed by atoms with Crippen molar-refractivity contribution in [3.63, 3.8) is 0 Å². The number of hydrogen-bond donors (Lipinski definition) is 1. The van der Waals surface area contributed by atoms with Crippen molar-refractivity contribution in [2.24, 2.45) is 5.92 Å². The predicted octanol–water partition coefficient (Wildman–Crippen LogP) is -0.466. The molecule has 1 aliphatic heterocycles. The molecule has 1 rings (SSSR count). The summed E-state index contributed by atoms with van der Waals surface area (Å²) in [5.74, 6) is -0.796. The number of piperidine rings is 1. The molecular formula is C11H18N2O4. The van der Waals surface area contributed by atoms with Gasteiger partial charge in [-0.2, -0.15) is 0 Å². The van der Waals surface area contributed by atoms with E-state index < -0.39 is 5.97 Å². The van der Waals surface area contributed by atoms with Gasteiger partial charge in [0.2, 0.25) is 11.8 Å². The fourth-order valence-electron chi connectivity index (χ4n) is 1.73. The lowest BCUT2D eigenvalue weighted by molar-refractivity contribution is -0.149. The third-order valence-electron chi connectivity index (χ3n) is 2.66. The Balaban J connectivity index is 2.41. The van der Waals surface area contributed by atoms with Gasteiger partial charge in [0.05, 0.1) is 12.5 Å². The molecule has 96 valence electrons. The van der Waals surface area contributed by atoms with Crippen molar-refractivity contribution in [1.29, 1.82) is 0 Å². The number of amides is 2. The van der Waals surface area contributed by atoms with E-state index in [0.29, 0.717) is 26.0 Å². The van der Waals surface area contributed by atoms with E-state index in [-0.39, 0.29) is 24.3 Å². The van der Waals surface area contributed by atoms with Gasteiger partial charge in [-0.1, -0.05) is 0 Å². The van der Waals surface area contributed by atoms with Gasteiger partial charge >= 0.3 is 5.97 Å². The fourth-order valence-corrected chi connectivity index (χ4v) is 1.73. The summed E-state index contributed by atoms with van der Waals surface area (Å²) in [5, 5.41) is 2.64. The maximum Gasteiger partial charge on any atom is 0.325 e. The molecule has 1 N–H and O–H groups in total. The van der Waals surface area contributed by atoms with Gasteiger partial charge in [-0.3, -0.25) is 14.4 Å². The smallest absolute Gasteiger partial charge is 0.325 e. The third-order valence-corrected chi connectivity index (χ3v) is 2.66. The number of likely N-dealkylation sites (N-methyl/N-ethyl adjacent to an activating group) is 1. The summed E-state index contributed by atoms with van der Waals surface area (Å²) in [4.78, 5) is 35.4. The fraction of sp³-hybridized carbons (Fsp3) is 0.727. The molecule has 0 spiro atoms. The van der Waals surface area contributed by atoms with Gasteiger partial charge in [0.25, 0.3) is 0 Å². The Morgan fingerprint density at radius 1 is 1.53 bits per heavy atom. The molecule has 1 unspecified atom stereocenters. The molecule has 1 fully saturated rings. The molecular weight excluding hydrogens is 224 g/mol. The molecule has 2 amide bonds. The minimum atomic E-state index is -0.414. The minimum absolute atomic E-state index is 0.0258. The summed E-state index contributed by atoms with van der Waals surface area (Å²) in [5.41, 5.74) is 0. The maximum absolute atomic E-state index is 11.9. The zero-order valence-corrected chi connectivity index (χ0v) is 10.2. The molecule has 0 aromatic heterocycles. The van der Waals surface area contributed by atoms with Crippen LogP contribution in [0.3, 0.4) is 0 Å². The first kappa shape index (κ1) is 13.5. The molecule has 6 heteroatoms. The number of ether oxygens (including phenoxy) is 1. The number of carbonyl (C=O) groups excluding carboxylic acids is 3. The lowest BCUT2D eigenvalue weighted by Gasteiger charge is -2.26. The van der Waals surface area contributed by atoms with Crippen LogP contribution in [-0.2, 0) is 19.1 Å². The number of rotatable bonds is 4. The van der Waals surface area contributed by atoms with E-state index in [1.165, 1.54) is 4.90 Å². The maximum atomic E-state index is 11.9. The standard InChI is InChI=1S/C11H18N2O4/c1-3-17-10(15)7-13(2)11(16)8-4-5-9(14)12-6-8/h8H,3-7H2,1-2H3,(H,12,14). The van der Waals surface area contributed by atoms with Crippen LogP contribution in [0.25, 0.3) is 0 Å². The lowest BCUT2D eigenvalue weighted by atomic mass is 9.98. The summed E-state index contributed by atoms with van der Waals surface area (Å²) >= 11 is 0. The van der Waals surface area contributed by atoms with Gasteiger partial charge in [-0.15, -0.1) is 0 Å². The Labute approximate surface area is 100 Å². The van der Waals surface area contributed by atoms with Crippen molar-refractivity contribution in [1.82, 2.24) is 10.2 Å². The molecule has 0 aliphatic carbocycles. The number of esters is 1. The second kappa shape index (κ2) is 6.22. The highest BCUT2D eigenvalue weighted by molar-refractivity contribution is 5.86. The van der Waals surface area contributed by atoms with Gasteiger partial charge in [-0.25, -0.2) is 0 Å². The summed E-state index contributed by atoms with van der Waals surface area (Å²) in [7, 11) is 1.57. The van der Waals surface area contributed by atoms with Crippen molar-refractivity contribution in [2.75, 3.05) is 26.7 Å². The number of nitrogens with one attached hydrogen (secondary N) is 1. The Morgan fingerprint density at radius 3 is 2.76 bits per heavy atom. The zero-order chi connectivity index (χ0) is 12.8. The van der Waals surface area contributed by atoms with Gasteiger partial charge in [0.1, 0.15) is 6.54 Å². The van der Waals surface area contributed by atoms with Crippen molar-refractivity contribution >= 4 is 17.8 Å². The summed E-state index contributed by atoms with van der Waals surface area (Å²) < 4.78 is 4.76. The Bertz CT molecular complexity index is 307. The molecule has 1 aliphatic rings. The van der Waals surface area contributed by atoms with Gasteiger partial charge in [0, 0.05) is 20.0 Å². The Morgan fingerprint density at radius 2 is 2.24 bits per heavy atom. The van der Waals surface area contributed by atoms with E-state index in [1.54, 1.807) is 14.0 Å². The SMILES string of the molecule is CCOC(=O)CN(C)C(=O)C1CCC(=O)NC1. The minimum Gasteiger partial charge on any atom is -0.465 e. The summed E-state index contributed by atoms with van der Waals surface area (Å²) in [6.07, 6.45) is 0.904. The van der Waals surface area contributed by atoms with Crippen LogP contribution in [0.2, 0.25) is 0 Å². The molecule has 0 saturated carbocycles. The highest BCUT2D eigenvalue weighted by Gasteiger charge is 2.27. The van der Waals surface area contributed by atoms with Crippen molar-refractivity contribution < 1.29 is 19.1 Å². The van der Waals surface area contributed by atoms with Crippen LogP contribution in [0.4, 0.5) is 0 Å². The molecule has 1 atom stereocenters. The van der Waals surface area contributed by atoms with Crippen LogP contribution in [0.5, 0.6) is 0 Å². The van der Waals surface area contributed by atoms with E-state index in [4.69, 9.17) is 4.74 Å². The van der Waals surface area contributed by atoms with Crippen molar-refractivity contribution in [3.05, 3.63) is 0 Å². The van der Waals surface area contributed by atoms with E-state index in [0.717, 1.165) is 0 Å². The van der Waals surface area contributed by atoms with Crippen molar-refractivity contribution in [2.45, 2.75) is 19.8 Å². The zero-order valence-electron chi connectivity index (χ0n) is 10.2. The summed E-state index contributed by atoms with van der Waals surface area (Å²) in [6, 6.07) is 0. The van der Waals surface area contributed by atoms with Crippen LogP contribution in [0.15, 0.2) is 0 Å². The Hall–Kier alpha value is -1.59. The average Bonchev–Trinajstić information content (AvgIpc) is 2.29. The van der Waals surface area contributed by atoms with Crippen LogP contribution < -0.4 is 5.32 Å². The normalized spacial score (nSPS) is 19.4. The quantitative estimate of drug-likeness (QED) is 0.676. The number of hydrogen-bond acceptors (Lipinski definition) is 4. The summed E-state index contributed by atoms with van der Waals surface area (Å²) in [6.45, 7) is 2.33. The first-order chi connectivity index (χ1) is 8.04. The average molecular weight is 242 g/mol. The highest BCUT2D eigenvalue weighted by Crippen LogP contribution is 2.13. The second-order valence-electron chi connectivity index (χ2n) is 4.04. The molecule has 0 aromatic rings. The predicted molar refractivity (Wildman–Crippen MR) is 60.0 cm³/mol. The highest BCUT2D eigenvalue weighted by atomic mass is 16.5. The molecule has 0 bridgehead atoms. The molecule has 1 heterocycles. The van der Waals surface area contributed by atoms with Crippen LogP contribution in [-0.4, -0.2) is 49.4 Å². The van der Waals surface area contributed by atoms with E-state index in [9.17, 15) is 14.4 Å². The molecule has 0 radical (unpaired) electrons. The monoisotopic (exact) mass is 242 g/mol. The van der Waals surface area contributed by atoms with Crippen LogP contribution in [0, 0.1) is 5.92 Å². The first-order valence-corrected chi connectivity index (χ1v) is 5.72. The third kappa shape index (κ3) is 4.05. The lowest BCUT2D eigenvalue weighted by Crippen LogP contribution is -2.45. The number of carbonyl (C=O) groups is 3. The Kier molecular flexibility index (Phi) is 4.93. The van der Waals surface area contributed by atoms with Crippen LogP contribution >= 0.6 is 0 Å².